The molecule has 16 bridgehead atoms. The molecule has 8 aromatic rings. The SMILES string of the molecule is O=C(CSC[C@H]1O[C@@H]2O[C@H]3[C@H](O)[C@@H](O)[C@@H](O[C@H]4[C@H](O)[C@@H](O)[C@@H](O[C@H]5[C@H](O)[C@@H](O)[C@@H](O[C@H]6[C@H](O)[C@@H](O)[C@@H](O[C@H]7[C@H](O)[C@@H](O)[C@@H](O[C@H]8[C@H](O)[C@@H](O)[C@@H](O[C@H]9[C@H](O)[C@@H](O)[C@@H](O[C@H]1[C@H](O)[C@H]2O)O[C@@H]9CO)O[C@@H]8CO)O[C@@H]7CO)O[C@@H]6CSCC(=O)NCCOCCOCCOCc1ccc2ccc6cccc7ccc1c2c67)O[C@@H]5CO)O[C@@H]4CO)O[C@@H]3CO)NCCOCCOCCOCc1ccc2ccc3cccc4ccc1c2c34. The zero-order valence-corrected chi connectivity index (χ0v) is 81.5. The molecule has 30 aliphatic heterocycles. The maximum atomic E-state index is 13.4. The van der Waals surface area contributed by atoms with E-state index in [9.17, 15) is 122 Å². The minimum atomic E-state index is -2.31. The van der Waals surface area contributed by atoms with Crippen LogP contribution in [0.15, 0.2) is 109 Å². The van der Waals surface area contributed by atoms with Gasteiger partial charge in [0, 0.05) is 24.6 Å². The van der Waals surface area contributed by atoms with Gasteiger partial charge in [0.2, 0.25) is 11.8 Å². The van der Waals surface area contributed by atoms with Crippen LogP contribution >= 0.6 is 23.5 Å². The second kappa shape index (κ2) is 52.1. The van der Waals surface area contributed by atoms with Crippen molar-refractivity contribution in [3.8, 4) is 0 Å². The van der Waals surface area contributed by atoms with Crippen LogP contribution in [0.2, 0.25) is 0 Å². The highest BCUT2D eigenvalue weighted by Crippen LogP contribution is 2.44. The molecule has 50 heteroatoms. The Labute approximate surface area is 853 Å². The summed E-state index contributed by atoms with van der Waals surface area (Å²) in [5.41, 5.74) is 2.08. The molecule has 30 fully saturated rings. The summed E-state index contributed by atoms with van der Waals surface area (Å²) in [6.07, 6.45) is -83.6. The number of benzene rings is 8. The molecule has 0 aliphatic carbocycles. The largest absolute Gasteiger partial charge is 0.394 e. The van der Waals surface area contributed by atoms with Gasteiger partial charge in [0.1, 0.15) is 183 Å². The smallest absolute Gasteiger partial charge is 0.230 e. The summed E-state index contributed by atoms with van der Waals surface area (Å²) in [6, 6.07) is 37.6. The topological polar surface area (TPSA) is 706 Å². The normalized spacial score (nSPS) is 37.9. The number of thioether (sulfide) groups is 2. The summed E-state index contributed by atoms with van der Waals surface area (Å²) in [5, 5.41) is 275. The minimum Gasteiger partial charge on any atom is -0.394 e. The quantitative estimate of drug-likeness (QED) is 0.0128. The molecule has 0 aromatic heterocycles. The summed E-state index contributed by atoms with van der Waals surface area (Å²) < 4.78 is 131. The van der Waals surface area contributed by atoms with Crippen LogP contribution in [0.3, 0.4) is 0 Å². The number of rotatable bonds is 36. The fourth-order valence-corrected chi connectivity index (χ4v) is 21.9. The van der Waals surface area contributed by atoms with Crippen LogP contribution in [0, 0.1) is 0 Å². The van der Waals surface area contributed by atoms with E-state index in [1.54, 1.807) is 0 Å². The third-order valence-corrected chi connectivity index (χ3v) is 30.0. The molecule has 0 radical (unpaired) electrons. The molecule has 38 rings (SSSR count). The van der Waals surface area contributed by atoms with E-state index in [0.29, 0.717) is 26.4 Å². The second-order valence-corrected chi connectivity index (χ2v) is 39.6. The third-order valence-electron chi connectivity index (χ3n) is 27.9. The van der Waals surface area contributed by atoms with Gasteiger partial charge in [-0.1, -0.05) is 109 Å². The zero-order valence-electron chi connectivity index (χ0n) is 79.9. The summed E-state index contributed by atoms with van der Waals surface area (Å²) in [4.78, 5) is 26.9. The Balaban J connectivity index is 0.537. The highest BCUT2D eigenvalue weighted by Gasteiger charge is 2.61. The van der Waals surface area contributed by atoms with Crippen molar-refractivity contribution in [2.24, 2.45) is 0 Å². The van der Waals surface area contributed by atoms with Crippen molar-refractivity contribution < 1.29 is 226 Å². The number of aliphatic hydroxyl groups excluding tert-OH is 22. The van der Waals surface area contributed by atoms with E-state index in [2.05, 4.69) is 108 Å². The van der Waals surface area contributed by atoms with Gasteiger partial charge in [-0.3, -0.25) is 9.59 Å². The van der Waals surface area contributed by atoms with Gasteiger partial charge >= 0.3 is 0 Å². The van der Waals surface area contributed by atoms with E-state index in [0.717, 1.165) is 77.7 Å². The summed E-state index contributed by atoms with van der Waals surface area (Å²) in [5.74, 6) is -2.58. The van der Waals surface area contributed by atoms with Gasteiger partial charge in [-0.2, -0.15) is 0 Å². The highest BCUT2D eigenvalue weighted by molar-refractivity contribution is 8.00. The molecule has 30 aliphatic rings. The molecule has 40 atom stereocenters. The van der Waals surface area contributed by atoms with Gasteiger partial charge in [-0.25, -0.2) is 0 Å². The minimum absolute atomic E-state index is 0.0200. The van der Waals surface area contributed by atoms with Crippen molar-refractivity contribution in [2.45, 2.75) is 259 Å². The Bertz CT molecular complexity index is 5130. The van der Waals surface area contributed by atoms with E-state index in [1.807, 2.05) is 12.1 Å². The first-order valence-corrected chi connectivity index (χ1v) is 51.4. The average Bonchev–Trinajstić information content (AvgIpc) is 0.739. The fourth-order valence-electron chi connectivity index (χ4n) is 20.1. The lowest BCUT2D eigenvalue weighted by Crippen LogP contribution is -2.69. The molecule has 820 valence electrons. The first kappa shape index (κ1) is 113. The number of nitrogens with one attached hydrogen (secondary N) is 2. The van der Waals surface area contributed by atoms with Crippen molar-refractivity contribution in [1.82, 2.24) is 10.6 Å². The number of amides is 2. The average molecular weight is 2140 g/mol. The number of carbonyl (C=O) groups excluding carboxylic acids is 2. The van der Waals surface area contributed by atoms with Gasteiger partial charge in [0.25, 0.3) is 0 Å². The van der Waals surface area contributed by atoms with Crippen LogP contribution < -0.4 is 10.6 Å². The Kier molecular flexibility index (Phi) is 39.7. The van der Waals surface area contributed by atoms with Crippen LogP contribution in [-0.2, 0) is 127 Å². The molecule has 30 heterocycles. The van der Waals surface area contributed by atoms with Gasteiger partial charge < -0.3 is 227 Å². The van der Waals surface area contributed by atoms with Crippen LogP contribution in [0.4, 0.5) is 0 Å². The number of hydrogen-bond acceptors (Lipinski definition) is 48. The molecule has 148 heavy (non-hydrogen) atoms. The summed E-state index contributed by atoms with van der Waals surface area (Å²) in [7, 11) is 0. The van der Waals surface area contributed by atoms with Crippen molar-refractivity contribution in [1.29, 1.82) is 0 Å². The van der Waals surface area contributed by atoms with E-state index in [-0.39, 0.29) is 77.5 Å². The third kappa shape index (κ3) is 25.0. The zero-order chi connectivity index (χ0) is 104. The van der Waals surface area contributed by atoms with E-state index >= 15 is 0 Å². The van der Waals surface area contributed by atoms with Crippen molar-refractivity contribution >= 4 is 100.0 Å². The highest BCUT2D eigenvalue weighted by atomic mass is 32.2. The molecule has 30 saturated heterocycles. The summed E-state index contributed by atoms with van der Waals surface area (Å²) >= 11 is 1.71. The molecular formula is C98H130N2O46S2. The van der Waals surface area contributed by atoms with E-state index in [1.165, 1.54) is 21.5 Å². The van der Waals surface area contributed by atoms with E-state index in [4.69, 9.17) is 104 Å². The van der Waals surface area contributed by atoms with Crippen molar-refractivity contribution in [3.05, 3.63) is 120 Å². The number of aliphatic hydroxyl groups is 22. The van der Waals surface area contributed by atoms with Gasteiger partial charge in [0.15, 0.2) is 50.3 Å². The molecule has 0 unspecified atom stereocenters. The standard InChI is InChI=1S/C98H130N2O46S2/c101-31-53-83-68(110)76(118)92(132-53)142-86-56(34-104)136-96(80(122)72(86)114)146-90-60(40-148-42-62(108)100-20-22-126-24-26-128-28-30-130-38-50-14-12-48-10-8-44-4-2-6-46-16-18-52(50)66(48)64(44)46)138-98(82(124)74(90)116)144-88-58(36-106)134-94(78(120)70(88)112)140-84-54(32-102)131-91(75(117)67(84)109)141-85-55(33-103)135-95(79(121)71(85)113)145-89-59(137-97(81(123)73(89)115)143-87-57(35-105)133-93(139-83)77(119)69(87)111)39-147-41-61(107)99-19-21-125-23-25-127-27-29-129-37-49-13-11-47-9-7-43-3-1-5-45-15-17-51(49)65(47)63(43)45/h1-18,53-60,67-98,101-106,109-124H,19-42H2,(H,99,107)(H,100,108)/t53-,54-,55-,56-,57-,58-,59-,60-,67-,68-,69-,70-,71-,72-,73-,74-,75-,76-,77-,78-,79-,80-,81-,82-,83-,84-,85-,86-,87-,88-,89-,90-,91-,92-,93-,94-,95-,96-,97-,98-/m1/s1. The monoisotopic (exact) mass is 2130 g/mol. The fraction of sp³-hybridized carbons (Fsp3) is 0.653. The van der Waals surface area contributed by atoms with Crippen LogP contribution in [0.25, 0.3) is 64.6 Å². The Morgan fingerprint density at radius 1 is 0.236 bits per heavy atom. The van der Waals surface area contributed by atoms with Gasteiger partial charge in [0.05, 0.1) is 143 Å². The molecule has 0 saturated carbocycles. The van der Waals surface area contributed by atoms with Gasteiger partial charge in [-0.05, 0) is 75.8 Å². The number of carbonyl (C=O) groups is 2. The second-order valence-electron chi connectivity index (χ2n) is 37.5. The Morgan fingerprint density at radius 2 is 0.439 bits per heavy atom. The van der Waals surface area contributed by atoms with Crippen molar-refractivity contribution in [2.75, 3.05) is 142 Å². The molecular weight excluding hydrogens is 2010 g/mol. The first-order chi connectivity index (χ1) is 71.6. The van der Waals surface area contributed by atoms with Gasteiger partial charge in [-0.15, -0.1) is 23.5 Å². The Hall–Kier alpha value is -6.28. The van der Waals surface area contributed by atoms with Crippen LogP contribution in [0.5, 0.6) is 0 Å². The predicted molar refractivity (Wildman–Crippen MR) is 510 cm³/mol. The lowest BCUT2D eigenvalue weighted by Gasteiger charge is -2.50. The number of ether oxygens (including phenoxy) is 22. The van der Waals surface area contributed by atoms with Crippen molar-refractivity contribution in [3.63, 3.8) is 0 Å². The molecule has 0 spiro atoms. The predicted octanol–water partition coefficient (Wildman–Crippen LogP) is -7.40. The first-order valence-electron chi connectivity index (χ1n) is 49.1. The summed E-state index contributed by atoms with van der Waals surface area (Å²) in [6.45, 7) is -3.98. The molecule has 48 nitrogen and oxygen atoms in total. The lowest BCUT2D eigenvalue weighted by atomic mass is 9.92. The lowest BCUT2D eigenvalue weighted by molar-refractivity contribution is -0.402. The molecule has 2 amide bonds. The maximum absolute atomic E-state index is 13.4. The van der Waals surface area contributed by atoms with E-state index < -0.39 is 309 Å². The Morgan fingerprint density at radius 3 is 0.682 bits per heavy atom. The maximum Gasteiger partial charge on any atom is 0.230 e. The van der Waals surface area contributed by atoms with Crippen LogP contribution in [0.1, 0.15) is 11.1 Å². The molecule has 24 N–H and O–H groups in total. The molecule has 8 aromatic carbocycles. The number of hydrogen-bond donors (Lipinski definition) is 24. The van der Waals surface area contributed by atoms with Crippen LogP contribution in [-0.4, -0.2) is 512 Å².